The molecule has 27 heavy (non-hydrogen) atoms. The van der Waals surface area contributed by atoms with Gasteiger partial charge in [0.1, 0.15) is 11.2 Å². The number of halogens is 1. The van der Waals surface area contributed by atoms with E-state index in [9.17, 15) is 4.79 Å². The number of aliphatic imine (C=N–C) groups is 1. The molecule has 1 heterocycles. The monoisotopic (exact) mass is 414 g/mol. The number of thioether (sulfide) groups is 1. The molecule has 0 fully saturated rings. The Labute approximate surface area is 170 Å². The number of nitrogens with one attached hydrogen (secondary N) is 1. The minimum atomic E-state index is -0.680. The lowest BCUT2D eigenvalue weighted by molar-refractivity contribution is -0.130. The molecule has 9 heteroatoms. The number of rotatable bonds is 13. The zero-order chi connectivity index (χ0) is 20.1. The highest BCUT2D eigenvalue weighted by molar-refractivity contribution is 7.99. The Kier molecular flexibility index (Phi) is 11.9. The number of carbonyl (C=O) groups is 1. The van der Waals surface area contributed by atoms with Crippen molar-refractivity contribution in [3.8, 4) is 0 Å². The molecule has 0 bridgehead atoms. The number of nitrogens with zero attached hydrogens (tertiary/aromatic N) is 3. The molecule has 1 aromatic heterocycles. The van der Waals surface area contributed by atoms with Crippen LogP contribution in [-0.2, 0) is 14.3 Å². The number of hydrogen-bond donors (Lipinski definition) is 1. The Balaban J connectivity index is 2.57. The van der Waals surface area contributed by atoms with E-state index in [1.165, 1.54) is 6.21 Å². The van der Waals surface area contributed by atoms with Crippen LogP contribution < -0.4 is 0 Å². The molecule has 0 radical (unpaired) electrons. The fourth-order valence-electron chi connectivity index (χ4n) is 2.31. The van der Waals surface area contributed by atoms with Crippen molar-refractivity contribution in [1.29, 1.82) is 5.41 Å². The molecule has 0 aromatic carbocycles. The molecule has 0 aliphatic heterocycles. The van der Waals surface area contributed by atoms with Gasteiger partial charge in [-0.05, 0) is 24.8 Å². The van der Waals surface area contributed by atoms with Crippen LogP contribution in [0.4, 0.5) is 5.69 Å². The molecule has 0 spiro atoms. The van der Waals surface area contributed by atoms with Gasteiger partial charge in [-0.1, -0.05) is 11.6 Å². The van der Waals surface area contributed by atoms with Crippen LogP contribution in [0, 0.1) is 5.41 Å². The van der Waals surface area contributed by atoms with Crippen molar-refractivity contribution in [1.82, 2.24) is 9.88 Å². The van der Waals surface area contributed by atoms with Crippen molar-refractivity contribution in [2.75, 3.05) is 32.3 Å². The largest absolute Gasteiger partial charge is 0.356 e. The molecule has 150 valence electrons. The summed E-state index contributed by atoms with van der Waals surface area (Å²) in [5, 5.41) is 7.66. The van der Waals surface area contributed by atoms with Gasteiger partial charge in [0, 0.05) is 51.8 Å². The van der Waals surface area contributed by atoms with E-state index >= 15 is 0 Å². The first kappa shape index (κ1) is 23.6. The van der Waals surface area contributed by atoms with E-state index in [-0.39, 0.29) is 17.4 Å². The van der Waals surface area contributed by atoms with Crippen molar-refractivity contribution in [2.45, 2.75) is 32.1 Å². The molecule has 1 rings (SSSR count). The predicted octanol–water partition coefficient (Wildman–Crippen LogP) is 3.35. The van der Waals surface area contributed by atoms with Gasteiger partial charge in [-0.3, -0.25) is 20.2 Å². The van der Waals surface area contributed by atoms with Gasteiger partial charge in [-0.2, -0.15) is 11.8 Å². The fourth-order valence-corrected chi connectivity index (χ4v) is 3.37. The number of hydrogen-bond acceptors (Lipinski definition) is 7. The summed E-state index contributed by atoms with van der Waals surface area (Å²) in [5.74, 6) is 1.45. The van der Waals surface area contributed by atoms with E-state index in [0.29, 0.717) is 24.4 Å². The van der Waals surface area contributed by atoms with Gasteiger partial charge in [0.2, 0.25) is 5.91 Å². The number of ether oxygens (including phenoxy) is 2. The summed E-state index contributed by atoms with van der Waals surface area (Å²) in [6, 6.07) is 2.88. The van der Waals surface area contributed by atoms with Crippen molar-refractivity contribution >= 4 is 46.3 Å². The van der Waals surface area contributed by atoms with Gasteiger partial charge in [0.05, 0.1) is 11.9 Å². The summed E-state index contributed by atoms with van der Waals surface area (Å²) in [6.07, 6.45) is 5.68. The quantitative estimate of drug-likeness (QED) is 0.304. The number of methoxy groups -OCH3 is 2. The van der Waals surface area contributed by atoms with E-state index in [1.54, 1.807) is 55.4 Å². The first-order valence-corrected chi connectivity index (χ1v) is 10.2. The number of amides is 1. The molecule has 1 aromatic rings. The van der Waals surface area contributed by atoms with Crippen LogP contribution >= 0.6 is 23.4 Å². The lowest BCUT2D eigenvalue weighted by atomic mass is 10.2. The normalized spacial score (nSPS) is 12.5. The zero-order valence-electron chi connectivity index (χ0n) is 15.9. The summed E-state index contributed by atoms with van der Waals surface area (Å²) in [7, 11) is 3.21. The third-order valence-corrected chi connectivity index (χ3v) is 4.99. The summed E-state index contributed by atoms with van der Waals surface area (Å²) in [6.45, 7) is 2.30. The Morgan fingerprint density at radius 3 is 2.74 bits per heavy atom. The highest BCUT2D eigenvalue weighted by Gasteiger charge is 2.23. The Hall–Kier alpha value is -1.48. The second kappa shape index (κ2) is 13.7. The molecule has 0 saturated carbocycles. The van der Waals surface area contributed by atoms with Crippen LogP contribution in [0.3, 0.4) is 0 Å². The summed E-state index contributed by atoms with van der Waals surface area (Å²) < 4.78 is 10.3. The van der Waals surface area contributed by atoms with Gasteiger partial charge in [-0.25, -0.2) is 0 Å². The topological polar surface area (TPSA) is 87.9 Å². The average Bonchev–Trinajstić information content (AvgIpc) is 2.68. The standard InChI is InChI=1S/C18H27ClN4O3S/c1-4-23(16(24)7-10-27-11-8-17(25-2)26-3)15(18(19)20)13-22-14-6-5-9-21-12-14/h5-6,9,12-13,15,17,20H,4,7-8,10-11H2,1-3H3. The van der Waals surface area contributed by atoms with Crippen molar-refractivity contribution < 1.29 is 14.3 Å². The maximum absolute atomic E-state index is 12.6. The molecule has 0 aliphatic carbocycles. The average molecular weight is 415 g/mol. The highest BCUT2D eigenvalue weighted by Crippen LogP contribution is 2.13. The predicted molar refractivity (Wildman–Crippen MR) is 112 cm³/mol. The number of aromatic nitrogens is 1. The maximum Gasteiger partial charge on any atom is 0.224 e. The third-order valence-electron chi connectivity index (χ3n) is 3.75. The van der Waals surface area contributed by atoms with Gasteiger partial charge >= 0.3 is 0 Å². The molecular weight excluding hydrogens is 388 g/mol. The molecule has 0 aliphatic rings. The van der Waals surface area contributed by atoms with Crippen LogP contribution in [0.5, 0.6) is 0 Å². The molecule has 0 saturated heterocycles. The van der Waals surface area contributed by atoms with E-state index in [4.69, 9.17) is 26.5 Å². The SMILES string of the molecule is CCN(C(=O)CCSCCC(OC)OC)C(C=Nc1cccnc1)C(=N)Cl. The van der Waals surface area contributed by atoms with Crippen molar-refractivity contribution in [2.24, 2.45) is 4.99 Å². The Morgan fingerprint density at radius 2 is 2.19 bits per heavy atom. The van der Waals surface area contributed by atoms with Gasteiger partial charge < -0.3 is 14.4 Å². The smallest absolute Gasteiger partial charge is 0.224 e. The third kappa shape index (κ3) is 8.83. The summed E-state index contributed by atoms with van der Waals surface area (Å²) in [5.41, 5.74) is 0.644. The summed E-state index contributed by atoms with van der Waals surface area (Å²) in [4.78, 5) is 22.4. The lowest BCUT2D eigenvalue weighted by Gasteiger charge is -2.27. The van der Waals surface area contributed by atoms with E-state index in [1.807, 2.05) is 6.92 Å². The molecule has 1 unspecified atom stereocenters. The van der Waals surface area contributed by atoms with Gasteiger partial charge in [0.25, 0.3) is 0 Å². The second-order valence-corrected chi connectivity index (χ2v) is 7.15. The van der Waals surface area contributed by atoms with E-state index in [2.05, 4.69) is 9.98 Å². The molecule has 7 nitrogen and oxygen atoms in total. The fraction of sp³-hybridized carbons (Fsp3) is 0.556. The molecule has 1 amide bonds. The van der Waals surface area contributed by atoms with Crippen LogP contribution in [0.2, 0.25) is 0 Å². The first-order chi connectivity index (χ1) is 13.0. The van der Waals surface area contributed by atoms with E-state index < -0.39 is 6.04 Å². The van der Waals surface area contributed by atoms with Crippen LogP contribution in [0.25, 0.3) is 0 Å². The minimum absolute atomic E-state index is 0.0620. The number of carbonyl (C=O) groups excluding carboxylic acids is 1. The van der Waals surface area contributed by atoms with Gasteiger partial charge in [0.15, 0.2) is 6.29 Å². The van der Waals surface area contributed by atoms with Crippen LogP contribution in [0.1, 0.15) is 19.8 Å². The summed E-state index contributed by atoms with van der Waals surface area (Å²) >= 11 is 7.59. The van der Waals surface area contributed by atoms with Crippen molar-refractivity contribution in [3.63, 3.8) is 0 Å². The first-order valence-electron chi connectivity index (χ1n) is 8.64. The molecule has 1 atom stereocenters. The van der Waals surface area contributed by atoms with Crippen molar-refractivity contribution in [3.05, 3.63) is 24.5 Å². The number of pyridine rings is 1. The second-order valence-electron chi connectivity index (χ2n) is 5.51. The highest BCUT2D eigenvalue weighted by atomic mass is 35.5. The Morgan fingerprint density at radius 1 is 1.44 bits per heavy atom. The Bertz CT molecular complexity index is 600. The maximum atomic E-state index is 12.6. The molecule has 1 N–H and O–H groups in total. The molecular formula is C18H27ClN4O3S. The van der Waals surface area contributed by atoms with Crippen LogP contribution in [-0.4, -0.2) is 71.8 Å². The van der Waals surface area contributed by atoms with Crippen LogP contribution in [0.15, 0.2) is 29.5 Å². The zero-order valence-corrected chi connectivity index (χ0v) is 17.5. The van der Waals surface area contributed by atoms with Gasteiger partial charge in [-0.15, -0.1) is 0 Å². The lowest BCUT2D eigenvalue weighted by Crippen LogP contribution is -2.44. The van der Waals surface area contributed by atoms with E-state index in [0.717, 1.165) is 12.2 Å². The minimum Gasteiger partial charge on any atom is -0.356 e.